The quantitative estimate of drug-likeness (QED) is 0.0896. The molecule has 8 aliphatic rings. The summed E-state index contributed by atoms with van der Waals surface area (Å²) in [5, 5.41) is 27.3. The van der Waals surface area contributed by atoms with Gasteiger partial charge in [0.2, 0.25) is 0 Å². The molecule has 21 rings (SSSR count). The normalized spacial score (nSPS) is 17.2. The molecule has 32 nitrogen and oxygen atoms in total. The molecule has 8 aliphatic heterocycles. The Labute approximate surface area is 673 Å². The number of urea groups is 4. The zero-order chi connectivity index (χ0) is 79.8. The minimum Gasteiger partial charge on any atom is -0.366 e. The molecule has 117 heavy (non-hydrogen) atoms. The molecule has 8 amide bonds. The van der Waals surface area contributed by atoms with Crippen LogP contribution in [-0.2, 0) is 6.42 Å². The van der Waals surface area contributed by atoms with E-state index in [1.54, 1.807) is 76.4 Å². The average Bonchev–Trinajstić information content (AvgIpc) is 1.65. The number of carbonyl (C=O) groups excluding carboxylic acids is 4. The highest BCUT2D eigenvalue weighted by atomic mass is 16.2. The topological polar surface area (TPSA) is 351 Å². The lowest BCUT2D eigenvalue weighted by Crippen LogP contribution is -2.48. The van der Waals surface area contributed by atoms with E-state index in [2.05, 4.69) is 132 Å². The molecule has 20 heterocycles. The van der Waals surface area contributed by atoms with Gasteiger partial charge in [-0.15, -0.1) is 5.10 Å². The molecule has 8 bridgehead atoms. The third kappa shape index (κ3) is 15.1. The number of nitrogens with zero attached hydrogens (tertiary/aromatic N) is 23. The average molecular weight is 1560 g/mol. The number of H-pyrrole nitrogens is 1. The number of benzene rings is 1. The Kier molecular flexibility index (Phi) is 20.1. The maximum atomic E-state index is 13.4. The highest BCUT2D eigenvalue weighted by Gasteiger charge is 2.45. The van der Waals surface area contributed by atoms with Gasteiger partial charge < -0.3 is 24.9 Å². The fourth-order valence-corrected chi connectivity index (χ4v) is 16.4. The molecule has 32 heteroatoms. The van der Waals surface area contributed by atoms with E-state index in [1.807, 2.05) is 130 Å². The lowest BCUT2D eigenvalue weighted by molar-refractivity contribution is 0.254. The third-order valence-corrected chi connectivity index (χ3v) is 22.2. The fraction of sp³-hybridized carbons (Fsp3) is 0.259. The summed E-state index contributed by atoms with van der Waals surface area (Å²) in [7, 11) is 0. The van der Waals surface area contributed by atoms with Crippen LogP contribution in [0.15, 0.2) is 196 Å². The van der Waals surface area contributed by atoms with Crippen molar-refractivity contribution in [3.8, 4) is 45.0 Å². The Morgan fingerprint density at radius 3 is 1.33 bits per heavy atom. The summed E-state index contributed by atoms with van der Waals surface area (Å²) in [5.41, 5.74) is 17.8. The number of rotatable bonds is 9. The molecule has 4 atom stereocenters. The molecule has 0 spiro atoms. The van der Waals surface area contributed by atoms with E-state index in [9.17, 15) is 19.2 Å². The van der Waals surface area contributed by atoms with Crippen LogP contribution in [0.3, 0.4) is 0 Å². The lowest BCUT2D eigenvalue weighted by Gasteiger charge is -2.36. The molecular weight excluding hydrogens is 1480 g/mol. The van der Waals surface area contributed by atoms with Crippen LogP contribution in [0.4, 0.5) is 88.3 Å². The van der Waals surface area contributed by atoms with Crippen molar-refractivity contribution < 1.29 is 19.2 Å². The van der Waals surface area contributed by atoms with E-state index in [0.29, 0.717) is 40.7 Å². The second-order valence-corrected chi connectivity index (χ2v) is 29.8. The van der Waals surface area contributed by atoms with E-state index in [-0.39, 0.29) is 48.3 Å². The van der Waals surface area contributed by atoms with Gasteiger partial charge in [-0.05, 0) is 187 Å². The number of aromatic nitrogens is 16. The van der Waals surface area contributed by atoms with Crippen molar-refractivity contribution in [2.24, 2.45) is 0 Å². The van der Waals surface area contributed by atoms with Gasteiger partial charge in [0.25, 0.3) is 0 Å². The number of pyridine rings is 8. The molecule has 0 unspecified atom stereocenters. The lowest BCUT2D eigenvalue weighted by atomic mass is 10.1. The number of amides is 8. The molecule has 12 aromatic heterocycles. The van der Waals surface area contributed by atoms with E-state index in [0.717, 1.165) is 197 Å². The van der Waals surface area contributed by atoms with Crippen molar-refractivity contribution in [3.63, 3.8) is 0 Å². The summed E-state index contributed by atoms with van der Waals surface area (Å²) >= 11 is 0. The van der Waals surface area contributed by atoms with Gasteiger partial charge in [0.05, 0.1) is 93.8 Å². The summed E-state index contributed by atoms with van der Waals surface area (Å²) in [6, 6.07) is 39.0. The van der Waals surface area contributed by atoms with Crippen molar-refractivity contribution in [1.29, 1.82) is 0 Å². The Morgan fingerprint density at radius 1 is 0.410 bits per heavy atom. The van der Waals surface area contributed by atoms with Gasteiger partial charge in [-0.25, -0.2) is 49.1 Å². The smallest absolute Gasteiger partial charge is 0.329 e. The molecule has 4 saturated heterocycles. The van der Waals surface area contributed by atoms with Crippen molar-refractivity contribution in [2.75, 3.05) is 113 Å². The van der Waals surface area contributed by atoms with Crippen LogP contribution in [-0.4, -0.2) is 181 Å². The monoisotopic (exact) mass is 1560 g/mol. The number of hydrogen-bond donors (Lipinski definition) is 5. The molecule has 586 valence electrons. The number of nitrogens with one attached hydrogen (secondary N) is 5. The molecular formula is C85H82N28O4. The SMILES string of the molecule is CCc1ccc(-c2ccc3c(n2)N(C(=O)Nc2cnccn2)[C@H]2CCN3C2)cn1.Cc1cc(-c2ccc3c(n2)N(C(=O)Nc2ccc4[nH]ncc4c2)[C@H]2CCN3C2)ccn1.Cc1cc(-c2ccc3c(n2)N(C(=O)Nc2cccnn2)[C@H]2CCN3C2)ccn1.Cc1cc(-c2ccc3c(n2)N(C(=O)Nc2cnccn2)[C@H]2CCN3C2)c(C)cn1. The van der Waals surface area contributed by atoms with Crippen LogP contribution >= 0.6 is 0 Å². The fourth-order valence-electron chi connectivity index (χ4n) is 16.4. The van der Waals surface area contributed by atoms with Crippen molar-refractivity contribution in [1.82, 2.24) is 80.2 Å². The van der Waals surface area contributed by atoms with E-state index >= 15 is 0 Å². The van der Waals surface area contributed by atoms with Gasteiger partial charge in [-0.3, -0.25) is 70.6 Å². The van der Waals surface area contributed by atoms with Crippen molar-refractivity contribution in [2.45, 2.75) is 90.9 Å². The first-order valence-electron chi connectivity index (χ1n) is 39.1. The number of anilines is 12. The second-order valence-electron chi connectivity index (χ2n) is 29.8. The second kappa shape index (κ2) is 31.8. The summed E-state index contributed by atoms with van der Waals surface area (Å²) in [6.07, 6.45) is 24.5. The standard InChI is InChI=1S/C23H21N7O.2C21H21N7O.C20H19N7O/c1-14-10-15(6-8-24-14)19-4-5-21-22(27-19)30(18-7-9-29(21)13-18)23(31)26-17-2-3-20-16(11-17)12-25-28-20;1-13-10-24-14(2)9-16(13)17-3-4-18-20(25-17)28(15-5-8-27(18)12-15)21(29)26-19-11-22-6-7-23-19;1-2-15-4-3-14(11-24-15)17-5-6-18-20(25-17)28(16-7-10-27(18)13-16)21(29)26-19-12-22-8-9-23-19;1-13-11-14(6-9-21-13)16-4-5-17-19(23-16)27(15-7-10-26(17)12-15)20(28)24-18-3-2-8-22-25-18/h2-6,8,10-12,18H,7,9,13H2,1H3,(H,25,28)(H,26,31);3-4,6-7,9-11,15H,5,8,12H2,1-2H3,(H,23,26,29);3-6,8-9,11-12,16H,2,7,10,13H2,1H3,(H,23,26,29);2-6,8-9,11,15H,7,10,12H2,1H3,(H,24,25,28)/t18-;15-;16-;15-/m0000/s1. The molecule has 4 fully saturated rings. The minimum atomic E-state index is -0.234. The van der Waals surface area contributed by atoms with Gasteiger partial charge in [-0.2, -0.15) is 10.2 Å². The molecule has 0 saturated carbocycles. The third-order valence-electron chi connectivity index (χ3n) is 22.2. The number of carbonyl (C=O) groups is 4. The summed E-state index contributed by atoms with van der Waals surface area (Å²) in [5.74, 6) is 4.04. The zero-order valence-corrected chi connectivity index (χ0v) is 64.9. The van der Waals surface area contributed by atoms with Crippen LogP contribution < -0.4 is 60.5 Å². The molecule has 13 aromatic rings. The molecule has 5 N–H and O–H groups in total. The van der Waals surface area contributed by atoms with Gasteiger partial charge in [-0.1, -0.05) is 6.92 Å². The Hall–Kier alpha value is -14.6. The van der Waals surface area contributed by atoms with E-state index < -0.39 is 0 Å². The highest BCUT2D eigenvalue weighted by molar-refractivity contribution is 6.08. The minimum absolute atomic E-state index is 0.0854. The van der Waals surface area contributed by atoms with Crippen LogP contribution in [0.25, 0.3) is 55.9 Å². The van der Waals surface area contributed by atoms with E-state index in [4.69, 9.17) is 19.9 Å². The maximum absolute atomic E-state index is 13.4. The van der Waals surface area contributed by atoms with Gasteiger partial charge in [0.1, 0.15) is 0 Å². The first kappa shape index (κ1) is 73.9. The van der Waals surface area contributed by atoms with Gasteiger partial charge >= 0.3 is 24.1 Å². The largest absolute Gasteiger partial charge is 0.366 e. The summed E-state index contributed by atoms with van der Waals surface area (Å²) in [6.45, 7) is 16.9. The molecule has 1 aromatic carbocycles. The Morgan fingerprint density at radius 2 is 0.880 bits per heavy atom. The van der Waals surface area contributed by atoms with Crippen LogP contribution in [0.2, 0.25) is 0 Å². The zero-order valence-electron chi connectivity index (χ0n) is 64.9. The number of aromatic amines is 1. The molecule has 0 aliphatic carbocycles. The van der Waals surface area contributed by atoms with Crippen molar-refractivity contribution in [3.05, 3.63) is 224 Å². The first-order valence-corrected chi connectivity index (χ1v) is 39.1. The predicted octanol–water partition coefficient (Wildman–Crippen LogP) is 13.1. The summed E-state index contributed by atoms with van der Waals surface area (Å²) in [4.78, 5) is 122. The van der Waals surface area contributed by atoms with E-state index in [1.165, 1.54) is 12.4 Å². The summed E-state index contributed by atoms with van der Waals surface area (Å²) < 4.78 is 0. The van der Waals surface area contributed by atoms with Gasteiger partial charge in [0, 0.05) is 164 Å². The number of aryl methyl sites for hydroxylation is 5. The van der Waals surface area contributed by atoms with Gasteiger partial charge in [0.15, 0.2) is 40.7 Å². The maximum Gasteiger partial charge on any atom is 0.329 e. The number of fused-ring (bicyclic) bond motifs is 17. The highest BCUT2D eigenvalue weighted by Crippen LogP contribution is 2.46. The van der Waals surface area contributed by atoms with Crippen LogP contribution in [0.1, 0.15) is 60.9 Å². The van der Waals surface area contributed by atoms with Crippen molar-refractivity contribution >= 4 is 104 Å². The van der Waals surface area contributed by atoms with Crippen LogP contribution in [0, 0.1) is 27.7 Å². The Bertz CT molecular complexity index is 5910. The Balaban J connectivity index is 0.000000108. The predicted molar refractivity (Wildman–Crippen MR) is 449 cm³/mol. The van der Waals surface area contributed by atoms with Crippen LogP contribution in [0.5, 0.6) is 0 Å². The number of hydrogen-bond acceptors (Lipinski definition) is 23. The first-order chi connectivity index (χ1) is 57.2. The molecule has 0 radical (unpaired) electrons.